The zero-order chi connectivity index (χ0) is 14.8. The number of fused-ring (bicyclic) bond motifs is 1. The highest BCUT2D eigenvalue weighted by atomic mass is 16.1. The fourth-order valence-corrected chi connectivity index (χ4v) is 2.59. The van der Waals surface area contributed by atoms with Gasteiger partial charge in [-0.1, -0.05) is 43.3 Å². The van der Waals surface area contributed by atoms with Gasteiger partial charge in [0.15, 0.2) is 0 Å². The van der Waals surface area contributed by atoms with Crippen LogP contribution in [0, 0.1) is 0 Å². The molecule has 3 rings (SSSR count). The number of nitrogens with zero attached hydrogens (tertiary/aromatic N) is 2. The van der Waals surface area contributed by atoms with Crippen molar-refractivity contribution >= 4 is 11.0 Å². The third-order valence-electron chi connectivity index (χ3n) is 3.80. The summed E-state index contributed by atoms with van der Waals surface area (Å²) in [5.41, 5.74) is 4.38. The Bertz CT molecular complexity index is 832. The van der Waals surface area contributed by atoms with Gasteiger partial charge in [0, 0.05) is 12.1 Å². The van der Waals surface area contributed by atoms with Crippen molar-refractivity contribution in [2.24, 2.45) is 0 Å². The lowest BCUT2D eigenvalue weighted by Gasteiger charge is -2.10. The van der Waals surface area contributed by atoms with Crippen molar-refractivity contribution < 1.29 is 0 Å². The maximum absolute atomic E-state index is 12.7. The topological polar surface area (TPSA) is 34.9 Å². The Hall–Kier alpha value is -2.42. The predicted molar refractivity (Wildman–Crippen MR) is 86.5 cm³/mol. The molecule has 21 heavy (non-hydrogen) atoms. The lowest BCUT2D eigenvalue weighted by molar-refractivity contribution is 0.755. The fourth-order valence-electron chi connectivity index (χ4n) is 2.59. The zero-order valence-electron chi connectivity index (χ0n) is 12.3. The maximum atomic E-state index is 12.7. The third kappa shape index (κ3) is 2.35. The average molecular weight is 278 g/mol. The van der Waals surface area contributed by atoms with Crippen molar-refractivity contribution in [1.29, 1.82) is 0 Å². The molecule has 0 amide bonds. The summed E-state index contributed by atoms with van der Waals surface area (Å²) in [6.07, 6.45) is 0.991. The first-order valence-corrected chi connectivity index (χ1v) is 7.33. The van der Waals surface area contributed by atoms with Crippen LogP contribution >= 0.6 is 0 Å². The Balaban J connectivity index is 2.26. The second kappa shape index (κ2) is 5.52. The average Bonchev–Trinajstić information content (AvgIpc) is 2.54. The summed E-state index contributed by atoms with van der Waals surface area (Å²) in [6, 6.07) is 15.9. The van der Waals surface area contributed by atoms with Crippen LogP contribution in [-0.4, -0.2) is 9.55 Å². The van der Waals surface area contributed by atoms with Gasteiger partial charge in [0.25, 0.3) is 5.56 Å². The number of benzene rings is 2. The van der Waals surface area contributed by atoms with E-state index in [-0.39, 0.29) is 5.56 Å². The summed E-state index contributed by atoms with van der Waals surface area (Å²) in [5.74, 6) is 0. The van der Waals surface area contributed by atoms with E-state index in [1.165, 1.54) is 5.56 Å². The molecule has 3 nitrogen and oxygen atoms in total. The van der Waals surface area contributed by atoms with Crippen LogP contribution in [0.4, 0.5) is 0 Å². The van der Waals surface area contributed by atoms with E-state index >= 15 is 0 Å². The van der Waals surface area contributed by atoms with Gasteiger partial charge in [0.1, 0.15) is 5.69 Å². The van der Waals surface area contributed by atoms with Crippen molar-refractivity contribution in [1.82, 2.24) is 9.55 Å². The maximum Gasteiger partial charge on any atom is 0.277 e. The summed E-state index contributed by atoms with van der Waals surface area (Å²) in [5, 5.41) is 0. The molecule has 1 aromatic heterocycles. The van der Waals surface area contributed by atoms with Crippen molar-refractivity contribution in [3.8, 4) is 11.3 Å². The minimum Gasteiger partial charge on any atom is -0.305 e. The van der Waals surface area contributed by atoms with Gasteiger partial charge in [-0.25, -0.2) is 4.98 Å². The molecule has 0 atom stereocenters. The molecule has 0 fully saturated rings. The lowest BCUT2D eigenvalue weighted by Crippen LogP contribution is -2.22. The molecule has 0 saturated heterocycles. The minimum absolute atomic E-state index is 0.0274. The van der Waals surface area contributed by atoms with Gasteiger partial charge in [0.2, 0.25) is 0 Å². The number of hydrogen-bond acceptors (Lipinski definition) is 2. The van der Waals surface area contributed by atoms with Crippen molar-refractivity contribution in [2.45, 2.75) is 26.8 Å². The molecular weight excluding hydrogens is 260 g/mol. The first-order valence-electron chi connectivity index (χ1n) is 7.33. The summed E-state index contributed by atoms with van der Waals surface area (Å²) in [4.78, 5) is 17.2. The molecule has 0 radical (unpaired) electrons. The van der Waals surface area contributed by atoms with E-state index in [2.05, 4.69) is 24.0 Å². The second-order valence-electron chi connectivity index (χ2n) is 5.05. The first kappa shape index (κ1) is 13.6. The molecule has 0 bridgehead atoms. The van der Waals surface area contributed by atoms with E-state index < -0.39 is 0 Å². The summed E-state index contributed by atoms with van der Waals surface area (Å²) in [6.45, 7) is 4.74. The van der Waals surface area contributed by atoms with E-state index in [0.29, 0.717) is 12.2 Å². The van der Waals surface area contributed by atoms with Crippen LogP contribution in [0.1, 0.15) is 19.4 Å². The Morgan fingerprint density at radius 3 is 2.38 bits per heavy atom. The summed E-state index contributed by atoms with van der Waals surface area (Å²) < 4.78 is 1.78. The lowest BCUT2D eigenvalue weighted by atomic mass is 10.1. The van der Waals surface area contributed by atoms with Gasteiger partial charge in [-0.05, 0) is 31.0 Å². The monoisotopic (exact) mass is 278 g/mol. The summed E-state index contributed by atoms with van der Waals surface area (Å²) in [7, 11) is 0. The van der Waals surface area contributed by atoms with Crippen molar-refractivity contribution in [2.75, 3.05) is 0 Å². The highest BCUT2D eigenvalue weighted by Gasteiger charge is 2.11. The Labute approximate surface area is 123 Å². The molecule has 106 valence electrons. The van der Waals surface area contributed by atoms with Crippen LogP contribution in [0.2, 0.25) is 0 Å². The molecule has 2 aromatic carbocycles. The Morgan fingerprint density at radius 1 is 1.00 bits per heavy atom. The molecule has 0 aliphatic heterocycles. The van der Waals surface area contributed by atoms with Gasteiger partial charge in [-0.15, -0.1) is 0 Å². The smallest absolute Gasteiger partial charge is 0.277 e. The second-order valence-corrected chi connectivity index (χ2v) is 5.05. The normalized spacial score (nSPS) is 11.0. The predicted octanol–water partition coefficient (Wildman–Crippen LogP) is 3.65. The SMILES string of the molecule is CCc1ccc(-c2nc3ccccc3n(CC)c2=O)cc1. The largest absolute Gasteiger partial charge is 0.305 e. The highest BCUT2D eigenvalue weighted by molar-refractivity contribution is 5.77. The molecule has 0 aliphatic carbocycles. The van der Waals surface area contributed by atoms with Crippen molar-refractivity contribution in [3.05, 3.63) is 64.4 Å². The van der Waals surface area contributed by atoms with Gasteiger partial charge < -0.3 is 4.57 Å². The first-order chi connectivity index (χ1) is 10.2. The molecule has 0 saturated carbocycles. The van der Waals surface area contributed by atoms with Gasteiger partial charge in [-0.3, -0.25) is 4.79 Å². The molecule has 3 heteroatoms. The van der Waals surface area contributed by atoms with E-state index in [1.807, 2.05) is 43.3 Å². The Kier molecular flexibility index (Phi) is 3.57. The number of para-hydroxylation sites is 2. The van der Waals surface area contributed by atoms with Crippen LogP contribution < -0.4 is 5.56 Å². The Morgan fingerprint density at radius 2 is 1.71 bits per heavy atom. The highest BCUT2D eigenvalue weighted by Crippen LogP contribution is 2.18. The van der Waals surface area contributed by atoms with Crippen LogP contribution in [-0.2, 0) is 13.0 Å². The van der Waals surface area contributed by atoms with Crippen LogP contribution in [0.3, 0.4) is 0 Å². The number of hydrogen-bond donors (Lipinski definition) is 0. The quantitative estimate of drug-likeness (QED) is 0.733. The molecule has 0 spiro atoms. The molecule has 0 unspecified atom stereocenters. The van der Waals surface area contributed by atoms with E-state index in [0.717, 1.165) is 23.0 Å². The molecule has 0 aliphatic rings. The van der Waals surface area contributed by atoms with E-state index in [1.54, 1.807) is 4.57 Å². The molecule has 3 aromatic rings. The van der Waals surface area contributed by atoms with Crippen LogP contribution in [0.25, 0.3) is 22.3 Å². The van der Waals surface area contributed by atoms with Crippen molar-refractivity contribution in [3.63, 3.8) is 0 Å². The van der Waals surface area contributed by atoms with E-state index in [9.17, 15) is 4.79 Å². The molecule has 0 N–H and O–H groups in total. The summed E-state index contributed by atoms with van der Waals surface area (Å²) >= 11 is 0. The van der Waals surface area contributed by atoms with Crippen LogP contribution in [0.5, 0.6) is 0 Å². The van der Waals surface area contributed by atoms with Crippen LogP contribution in [0.15, 0.2) is 53.3 Å². The number of aromatic nitrogens is 2. The number of aryl methyl sites for hydroxylation is 2. The molecule has 1 heterocycles. The minimum atomic E-state index is -0.0274. The van der Waals surface area contributed by atoms with E-state index in [4.69, 9.17) is 0 Å². The molecular formula is C18H18N2O. The standard InChI is InChI=1S/C18H18N2O/c1-3-13-9-11-14(12-10-13)17-18(21)20(4-2)16-8-6-5-7-15(16)19-17/h5-12H,3-4H2,1-2H3. The van der Waals surface area contributed by atoms with Gasteiger partial charge in [0.05, 0.1) is 11.0 Å². The van der Waals surface area contributed by atoms with Gasteiger partial charge >= 0.3 is 0 Å². The fraction of sp³-hybridized carbons (Fsp3) is 0.222. The zero-order valence-corrected chi connectivity index (χ0v) is 12.3. The number of rotatable bonds is 3. The van der Waals surface area contributed by atoms with Gasteiger partial charge in [-0.2, -0.15) is 0 Å². The third-order valence-corrected chi connectivity index (χ3v) is 3.80.